The SMILES string of the molecule is CN1CCN(c2ccccc2NS(=O)(=O)c2ccc3c(c2)CCC(=O)N3)CC1. The summed E-state index contributed by atoms with van der Waals surface area (Å²) in [6.45, 7) is 3.59. The highest BCUT2D eigenvalue weighted by atomic mass is 32.2. The highest BCUT2D eigenvalue weighted by Crippen LogP contribution is 2.30. The van der Waals surface area contributed by atoms with Crippen LogP contribution in [-0.4, -0.2) is 52.5 Å². The normalized spacial score (nSPS) is 17.8. The minimum atomic E-state index is -3.73. The number of piperazine rings is 1. The van der Waals surface area contributed by atoms with E-state index in [1.165, 1.54) is 6.07 Å². The molecule has 0 saturated carbocycles. The van der Waals surface area contributed by atoms with Crippen LogP contribution in [0.15, 0.2) is 47.4 Å². The minimum Gasteiger partial charge on any atom is -0.367 e. The zero-order valence-corrected chi connectivity index (χ0v) is 16.6. The predicted octanol–water partition coefficient (Wildman–Crippen LogP) is 2.12. The molecule has 0 atom stereocenters. The van der Waals surface area contributed by atoms with Gasteiger partial charge in [0.15, 0.2) is 0 Å². The van der Waals surface area contributed by atoms with E-state index in [0.29, 0.717) is 24.2 Å². The Morgan fingerprint density at radius 1 is 1.00 bits per heavy atom. The van der Waals surface area contributed by atoms with Crippen molar-refractivity contribution < 1.29 is 13.2 Å². The Bertz CT molecular complexity index is 998. The molecule has 1 fully saturated rings. The summed E-state index contributed by atoms with van der Waals surface area (Å²) in [5, 5.41) is 2.78. The van der Waals surface area contributed by atoms with Gasteiger partial charge in [-0.1, -0.05) is 12.1 Å². The zero-order chi connectivity index (χ0) is 19.7. The molecule has 0 radical (unpaired) electrons. The van der Waals surface area contributed by atoms with Crippen molar-refractivity contribution in [1.29, 1.82) is 0 Å². The lowest BCUT2D eigenvalue weighted by Gasteiger charge is -2.35. The number of carbonyl (C=O) groups is 1. The van der Waals surface area contributed by atoms with Gasteiger partial charge in [-0.3, -0.25) is 9.52 Å². The maximum Gasteiger partial charge on any atom is 0.261 e. The van der Waals surface area contributed by atoms with Gasteiger partial charge in [-0.05, 0) is 49.4 Å². The molecule has 4 rings (SSSR count). The van der Waals surface area contributed by atoms with Crippen LogP contribution in [-0.2, 0) is 21.2 Å². The maximum atomic E-state index is 13.0. The molecule has 1 amide bonds. The highest BCUT2D eigenvalue weighted by molar-refractivity contribution is 7.92. The van der Waals surface area contributed by atoms with E-state index < -0.39 is 10.0 Å². The molecule has 0 unspecified atom stereocenters. The van der Waals surface area contributed by atoms with E-state index in [-0.39, 0.29) is 10.8 Å². The third-order valence-electron chi connectivity index (χ3n) is 5.27. The molecule has 2 aromatic carbocycles. The molecule has 0 bridgehead atoms. The molecule has 7 nitrogen and oxygen atoms in total. The van der Waals surface area contributed by atoms with Crippen molar-refractivity contribution in [2.45, 2.75) is 17.7 Å². The van der Waals surface area contributed by atoms with Gasteiger partial charge in [0.1, 0.15) is 0 Å². The van der Waals surface area contributed by atoms with Crippen LogP contribution in [0.3, 0.4) is 0 Å². The van der Waals surface area contributed by atoms with Gasteiger partial charge in [-0.25, -0.2) is 8.42 Å². The Balaban J connectivity index is 1.60. The Morgan fingerprint density at radius 3 is 2.54 bits per heavy atom. The van der Waals surface area contributed by atoms with Gasteiger partial charge in [0.25, 0.3) is 10.0 Å². The fourth-order valence-corrected chi connectivity index (χ4v) is 4.74. The number of benzene rings is 2. The summed E-state index contributed by atoms with van der Waals surface area (Å²) >= 11 is 0. The van der Waals surface area contributed by atoms with E-state index in [2.05, 4.69) is 26.9 Å². The Kier molecular flexibility index (Phi) is 4.99. The number of sulfonamides is 1. The summed E-state index contributed by atoms with van der Waals surface area (Å²) in [6.07, 6.45) is 0.915. The minimum absolute atomic E-state index is 0.0395. The van der Waals surface area contributed by atoms with Gasteiger partial charge < -0.3 is 15.1 Å². The summed E-state index contributed by atoms with van der Waals surface area (Å²) in [5.74, 6) is -0.0395. The number of aryl methyl sites for hydroxylation is 1. The molecule has 8 heteroatoms. The van der Waals surface area contributed by atoms with Gasteiger partial charge in [0, 0.05) is 38.3 Å². The van der Waals surface area contributed by atoms with Crippen LogP contribution in [0.1, 0.15) is 12.0 Å². The van der Waals surface area contributed by atoms with Crippen molar-refractivity contribution in [3.63, 3.8) is 0 Å². The number of amides is 1. The number of carbonyl (C=O) groups excluding carboxylic acids is 1. The van der Waals surface area contributed by atoms with E-state index in [1.54, 1.807) is 18.2 Å². The standard InChI is InChI=1S/C20H24N4O3S/c1-23-10-12-24(13-11-23)19-5-3-2-4-18(19)22-28(26,27)16-7-8-17-15(14-16)6-9-20(25)21-17/h2-5,7-8,14,22H,6,9-13H2,1H3,(H,21,25). The summed E-state index contributed by atoms with van der Waals surface area (Å²) in [7, 11) is -1.64. The lowest BCUT2D eigenvalue weighted by molar-refractivity contribution is -0.116. The first-order chi connectivity index (χ1) is 13.4. The molecule has 0 aromatic heterocycles. The summed E-state index contributed by atoms with van der Waals surface area (Å²) in [4.78, 5) is 16.2. The first-order valence-electron chi connectivity index (χ1n) is 9.40. The van der Waals surface area contributed by atoms with E-state index in [0.717, 1.165) is 37.4 Å². The van der Waals surface area contributed by atoms with E-state index in [1.807, 2.05) is 18.2 Å². The van der Waals surface area contributed by atoms with Crippen LogP contribution >= 0.6 is 0 Å². The van der Waals surface area contributed by atoms with E-state index in [9.17, 15) is 13.2 Å². The zero-order valence-electron chi connectivity index (χ0n) is 15.8. The largest absolute Gasteiger partial charge is 0.367 e. The molecule has 2 aromatic rings. The molecule has 28 heavy (non-hydrogen) atoms. The number of hydrogen-bond acceptors (Lipinski definition) is 5. The van der Waals surface area contributed by atoms with Gasteiger partial charge in [-0.15, -0.1) is 0 Å². The van der Waals surface area contributed by atoms with E-state index in [4.69, 9.17) is 0 Å². The van der Waals surface area contributed by atoms with Gasteiger partial charge in [-0.2, -0.15) is 0 Å². The fourth-order valence-electron chi connectivity index (χ4n) is 3.61. The molecular formula is C20H24N4O3S. The Labute approximate surface area is 165 Å². The van der Waals surface area contributed by atoms with Crippen molar-refractivity contribution in [3.8, 4) is 0 Å². The summed E-state index contributed by atoms with van der Waals surface area (Å²) in [5.41, 5.74) is 3.00. The number of rotatable bonds is 4. The van der Waals surface area contributed by atoms with Crippen LogP contribution < -0.4 is 14.9 Å². The van der Waals surface area contributed by atoms with Crippen LogP contribution in [0.25, 0.3) is 0 Å². The fraction of sp³-hybridized carbons (Fsp3) is 0.350. The highest BCUT2D eigenvalue weighted by Gasteiger charge is 2.23. The summed E-state index contributed by atoms with van der Waals surface area (Å²) in [6, 6.07) is 12.3. The first-order valence-corrected chi connectivity index (χ1v) is 10.9. The third-order valence-corrected chi connectivity index (χ3v) is 6.64. The lowest BCUT2D eigenvalue weighted by Crippen LogP contribution is -2.44. The smallest absolute Gasteiger partial charge is 0.261 e. The molecule has 2 heterocycles. The molecule has 2 N–H and O–H groups in total. The topological polar surface area (TPSA) is 81.8 Å². The van der Waals surface area contributed by atoms with Crippen LogP contribution in [0, 0.1) is 0 Å². The third kappa shape index (κ3) is 3.83. The number of para-hydroxylation sites is 2. The van der Waals surface area contributed by atoms with Crippen molar-refractivity contribution in [1.82, 2.24) is 4.90 Å². The van der Waals surface area contributed by atoms with Crippen LogP contribution in [0.5, 0.6) is 0 Å². The van der Waals surface area contributed by atoms with Gasteiger partial charge >= 0.3 is 0 Å². The number of likely N-dealkylation sites (N-methyl/N-ethyl adjacent to an activating group) is 1. The molecule has 0 spiro atoms. The second kappa shape index (κ2) is 7.44. The van der Waals surface area contributed by atoms with Crippen LogP contribution in [0.4, 0.5) is 17.1 Å². The summed E-state index contributed by atoms with van der Waals surface area (Å²) < 4.78 is 28.8. The average Bonchev–Trinajstić information content (AvgIpc) is 2.68. The quantitative estimate of drug-likeness (QED) is 0.822. The van der Waals surface area contributed by atoms with Crippen molar-refractivity contribution in [2.24, 2.45) is 0 Å². The first kappa shape index (κ1) is 18.8. The predicted molar refractivity (Wildman–Crippen MR) is 110 cm³/mol. The van der Waals surface area contributed by atoms with Gasteiger partial charge in [0.2, 0.25) is 5.91 Å². The lowest BCUT2D eigenvalue weighted by atomic mass is 10.0. The molecule has 0 aliphatic carbocycles. The Hall–Kier alpha value is -2.58. The van der Waals surface area contributed by atoms with Crippen molar-refractivity contribution >= 4 is 33.0 Å². The molecule has 1 saturated heterocycles. The van der Waals surface area contributed by atoms with Crippen molar-refractivity contribution in [2.75, 3.05) is 48.2 Å². The van der Waals surface area contributed by atoms with Crippen molar-refractivity contribution in [3.05, 3.63) is 48.0 Å². The monoisotopic (exact) mass is 400 g/mol. The Morgan fingerprint density at radius 2 is 1.75 bits per heavy atom. The second-order valence-corrected chi connectivity index (χ2v) is 8.96. The molecule has 2 aliphatic heterocycles. The number of nitrogens with one attached hydrogen (secondary N) is 2. The number of hydrogen-bond donors (Lipinski definition) is 2. The second-order valence-electron chi connectivity index (χ2n) is 7.28. The molecular weight excluding hydrogens is 376 g/mol. The van der Waals surface area contributed by atoms with Gasteiger partial charge in [0.05, 0.1) is 16.3 Å². The molecule has 2 aliphatic rings. The maximum absolute atomic E-state index is 13.0. The molecule has 148 valence electrons. The van der Waals surface area contributed by atoms with Crippen LogP contribution in [0.2, 0.25) is 0 Å². The van der Waals surface area contributed by atoms with E-state index >= 15 is 0 Å². The number of nitrogens with zero attached hydrogens (tertiary/aromatic N) is 2. The number of anilines is 3. The number of fused-ring (bicyclic) bond motifs is 1. The average molecular weight is 401 g/mol.